The Kier molecular flexibility index (Phi) is 0.884. The van der Waals surface area contributed by atoms with Gasteiger partial charge in [-0.05, 0) is 37.5 Å². The molecule has 2 fully saturated rings. The largest absolute Gasteiger partial charge is 0.393 e. The summed E-state index contributed by atoms with van der Waals surface area (Å²) in [6.07, 6.45) is 5.19. The number of aliphatic hydroxyl groups is 1. The lowest BCUT2D eigenvalue weighted by molar-refractivity contribution is 0.113. The highest BCUT2D eigenvalue weighted by Gasteiger charge is 2.38. The van der Waals surface area contributed by atoms with Gasteiger partial charge in [-0.3, -0.25) is 0 Å². The van der Waals surface area contributed by atoms with Crippen LogP contribution in [-0.4, -0.2) is 11.2 Å². The van der Waals surface area contributed by atoms with Gasteiger partial charge in [0.1, 0.15) is 0 Å². The molecule has 0 aromatic heterocycles. The van der Waals surface area contributed by atoms with Crippen molar-refractivity contribution in [3.63, 3.8) is 0 Å². The summed E-state index contributed by atoms with van der Waals surface area (Å²) in [6, 6.07) is 0. The van der Waals surface area contributed by atoms with Crippen LogP contribution in [0.25, 0.3) is 0 Å². The average molecular weight is 112 g/mol. The maximum atomic E-state index is 9.22. The van der Waals surface area contributed by atoms with Gasteiger partial charge in [0.05, 0.1) is 6.10 Å². The highest BCUT2D eigenvalue weighted by molar-refractivity contribution is 4.89. The predicted molar refractivity (Wildman–Crippen MR) is 31.5 cm³/mol. The first-order chi connectivity index (χ1) is 3.86. The highest BCUT2D eigenvalue weighted by Crippen LogP contribution is 2.44. The van der Waals surface area contributed by atoms with E-state index in [1.807, 2.05) is 0 Å². The summed E-state index contributed by atoms with van der Waals surface area (Å²) >= 11 is 0. The minimum atomic E-state index is 0.0775. The normalized spacial score (nSPS) is 52.9. The zero-order valence-electron chi connectivity index (χ0n) is 5.01. The molecule has 0 radical (unpaired) electrons. The second-order valence-corrected chi connectivity index (χ2v) is 3.24. The Labute approximate surface area is 49.7 Å². The zero-order chi connectivity index (χ0) is 5.56. The van der Waals surface area contributed by atoms with Crippen LogP contribution >= 0.6 is 0 Å². The lowest BCUT2D eigenvalue weighted by Crippen LogP contribution is -2.14. The van der Waals surface area contributed by atoms with Gasteiger partial charge in [0.15, 0.2) is 0 Å². The van der Waals surface area contributed by atoms with E-state index in [2.05, 4.69) is 0 Å². The number of fused-ring (bicyclic) bond motifs is 2. The molecule has 0 amide bonds. The molecule has 0 saturated heterocycles. The van der Waals surface area contributed by atoms with Gasteiger partial charge >= 0.3 is 0 Å². The molecule has 8 heavy (non-hydrogen) atoms. The van der Waals surface area contributed by atoms with Gasteiger partial charge in [-0.25, -0.2) is 0 Å². The Morgan fingerprint density at radius 3 is 2.25 bits per heavy atom. The topological polar surface area (TPSA) is 20.2 Å². The van der Waals surface area contributed by atoms with Crippen molar-refractivity contribution >= 4 is 0 Å². The summed E-state index contributed by atoms with van der Waals surface area (Å²) in [7, 11) is 0. The molecular weight excluding hydrogens is 100 g/mol. The molecule has 2 aliphatic rings. The molecular formula is C7H12O. The Balaban J connectivity index is 2.11. The lowest BCUT2D eigenvalue weighted by Gasteiger charge is -2.14. The third-order valence-electron chi connectivity index (χ3n) is 2.70. The van der Waals surface area contributed by atoms with Gasteiger partial charge in [0.25, 0.3) is 0 Å². The van der Waals surface area contributed by atoms with E-state index in [1.54, 1.807) is 0 Å². The van der Waals surface area contributed by atoms with Crippen molar-refractivity contribution in [2.75, 3.05) is 0 Å². The first-order valence-corrected chi connectivity index (χ1v) is 3.54. The van der Waals surface area contributed by atoms with Crippen molar-refractivity contribution in [2.45, 2.75) is 31.8 Å². The van der Waals surface area contributed by atoms with Crippen LogP contribution < -0.4 is 0 Å². The molecule has 3 atom stereocenters. The summed E-state index contributed by atoms with van der Waals surface area (Å²) in [5.41, 5.74) is 0. The third kappa shape index (κ3) is 0.510. The van der Waals surface area contributed by atoms with Crippen LogP contribution in [0.1, 0.15) is 25.7 Å². The summed E-state index contributed by atoms with van der Waals surface area (Å²) in [5, 5.41) is 9.22. The van der Waals surface area contributed by atoms with Gasteiger partial charge in [0, 0.05) is 0 Å². The lowest BCUT2D eigenvalue weighted by atomic mass is 9.98. The molecule has 1 heteroatoms. The van der Waals surface area contributed by atoms with Gasteiger partial charge in [-0.15, -0.1) is 0 Å². The minimum absolute atomic E-state index is 0.0775. The fourth-order valence-corrected chi connectivity index (χ4v) is 2.21. The van der Waals surface area contributed by atoms with E-state index in [0.717, 1.165) is 12.3 Å². The van der Waals surface area contributed by atoms with Crippen molar-refractivity contribution in [2.24, 2.45) is 11.8 Å². The minimum Gasteiger partial charge on any atom is -0.393 e. The first-order valence-electron chi connectivity index (χ1n) is 3.54. The number of hydrogen-bond donors (Lipinski definition) is 1. The smallest absolute Gasteiger partial charge is 0.0571 e. The van der Waals surface area contributed by atoms with E-state index in [9.17, 15) is 5.11 Å². The van der Waals surface area contributed by atoms with Crippen LogP contribution in [-0.2, 0) is 0 Å². The van der Waals surface area contributed by atoms with E-state index < -0.39 is 0 Å². The molecule has 0 aliphatic heterocycles. The SMILES string of the molecule is O[C@H]1CC2CCC1C2. The molecule has 0 aromatic carbocycles. The Morgan fingerprint density at radius 1 is 1.12 bits per heavy atom. The van der Waals surface area contributed by atoms with Gasteiger partial charge in [-0.2, -0.15) is 0 Å². The number of rotatable bonds is 0. The van der Waals surface area contributed by atoms with Crippen LogP contribution in [0.4, 0.5) is 0 Å². The van der Waals surface area contributed by atoms with E-state index in [-0.39, 0.29) is 6.10 Å². The average Bonchev–Trinajstić information content (AvgIpc) is 2.23. The van der Waals surface area contributed by atoms with Crippen LogP contribution in [0, 0.1) is 11.8 Å². The fraction of sp³-hybridized carbons (Fsp3) is 1.00. The fourth-order valence-electron chi connectivity index (χ4n) is 2.21. The standard InChI is InChI=1S/C7H12O/c8-7-4-5-1-2-6(7)3-5/h5-8H,1-4H2/t5?,6?,7-/m0/s1. The molecule has 2 unspecified atom stereocenters. The Morgan fingerprint density at radius 2 is 2.00 bits per heavy atom. The maximum Gasteiger partial charge on any atom is 0.0571 e. The quantitative estimate of drug-likeness (QED) is 0.498. The molecule has 2 rings (SSSR count). The van der Waals surface area contributed by atoms with Crippen molar-refractivity contribution in [3.05, 3.63) is 0 Å². The summed E-state index contributed by atoms with van der Waals surface area (Å²) in [6.45, 7) is 0. The molecule has 0 spiro atoms. The predicted octanol–water partition coefficient (Wildman–Crippen LogP) is 1.17. The highest BCUT2D eigenvalue weighted by atomic mass is 16.3. The van der Waals surface area contributed by atoms with E-state index in [1.165, 1.54) is 19.3 Å². The zero-order valence-corrected chi connectivity index (χ0v) is 5.01. The van der Waals surface area contributed by atoms with E-state index in [0.29, 0.717) is 5.92 Å². The van der Waals surface area contributed by atoms with Crippen LogP contribution in [0.3, 0.4) is 0 Å². The van der Waals surface area contributed by atoms with Crippen LogP contribution in [0.5, 0.6) is 0 Å². The van der Waals surface area contributed by atoms with E-state index in [4.69, 9.17) is 0 Å². The molecule has 1 N–H and O–H groups in total. The van der Waals surface area contributed by atoms with Gasteiger partial charge in [-0.1, -0.05) is 0 Å². The molecule has 0 aromatic rings. The molecule has 46 valence electrons. The molecule has 2 saturated carbocycles. The Bertz CT molecular complexity index is 98.6. The van der Waals surface area contributed by atoms with Crippen molar-refractivity contribution in [3.8, 4) is 0 Å². The van der Waals surface area contributed by atoms with Crippen molar-refractivity contribution in [1.29, 1.82) is 0 Å². The second-order valence-electron chi connectivity index (χ2n) is 3.24. The summed E-state index contributed by atoms with van der Waals surface area (Å²) < 4.78 is 0. The summed E-state index contributed by atoms with van der Waals surface area (Å²) in [5.74, 6) is 1.59. The molecule has 2 bridgehead atoms. The summed E-state index contributed by atoms with van der Waals surface area (Å²) in [4.78, 5) is 0. The molecule has 1 nitrogen and oxygen atoms in total. The van der Waals surface area contributed by atoms with Crippen molar-refractivity contribution in [1.82, 2.24) is 0 Å². The first kappa shape index (κ1) is 4.80. The molecule has 0 heterocycles. The van der Waals surface area contributed by atoms with Crippen LogP contribution in [0.15, 0.2) is 0 Å². The third-order valence-corrected chi connectivity index (χ3v) is 2.70. The van der Waals surface area contributed by atoms with E-state index >= 15 is 0 Å². The molecule has 2 aliphatic carbocycles. The Hall–Kier alpha value is -0.0400. The number of aliphatic hydroxyl groups excluding tert-OH is 1. The van der Waals surface area contributed by atoms with Gasteiger partial charge < -0.3 is 5.11 Å². The van der Waals surface area contributed by atoms with Crippen molar-refractivity contribution < 1.29 is 5.11 Å². The van der Waals surface area contributed by atoms with Gasteiger partial charge in [0.2, 0.25) is 0 Å². The second kappa shape index (κ2) is 1.47. The number of hydrogen-bond acceptors (Lipinski definition) is 1. The van der Waals surface area contributed by atoms with Crippen LogP contribution in [0.2, 0.25) is 0 Å². The maximum absolute atomic E-state index is 9.22. The monoisotopic (exact) mass is 112 g/mol.